The Morgan fingerprint density at radius 2 is 1.95 bits per heavy atom. The number of ether oxygens (including phenoxy) is 1. The summed E-state index contributed by atoms with van der Waals surface area (Å²) in [5.74, 6) is 1.22. The highest BCUT2D eigenvalue weighted by atomic mass is 32.2. The molecule has 1 atom stereocenters. The molecule has 0 aliphatic heterocycles. The second-order valence-electron chi connectivity index (χ2n) is 9.73. The van der Waals surface area contributed by atoms with E-state index in [1.165, 1.54) is 29.8 Å². The fourth-order valence-electron chi connectivity index (χ4n) is 4.72. The molecule has 0 unspecified atom stereocenters. The standard InChI is InChI=1S/C28H30N2O5S3/c1-17-8-10-19(3)23(14-17)30-27(31)25-22-11-9-18(2)15-24(22)37-26(25)29-28(30)36-12-13-38(32,33)35-21-7-5-6-20(16-21)34-4/h5-8,10,14,16,18H,9,11-13,15H2,1-4H3/t18-/m1/s1. The van der Waals surface area contributed by atoms with Crippen LogP contribution in [0, 0.1) is 19.8 Å². The summed E-state index contributed by atoms with van der Waals surface area (Å²) in [6.07, 6.45) is 2.90. The molecule has 0 fully saturated rings. The number of fused-ring (bicyclic) bond motifs is 3. The van der Waals surface area contributed by atoms with Gasteiger partial charge < -0.3 is 8.92 Å². The topological polar surface area (TPSA) is 87.5 Å². The first-order valence-electron chi connectivity index (χ1n) is 12.5. The summed E-state index contributed by atoms with van der Waals surface area (Å²) >= 11 is 2.85. The molecule has 1 aliphatic rings. The molecule has 7 nitrogen and oxygen atoms in total. The van der Waals surface area contributed by atoms with Gasteiger partial charge in [0.2, 0.25) is 0 Å². The molecule has 2 aromatic carbocycles. The molecule has 200 valence electrons. The molecule has 0 saturated carbocycles. The second-order valence-corrected chi connectivity index (χ2v) is 13.6. The zero-order valence-corrected chi connectivity index (χ0v) is 24.3. The van der Waals surface area contributed by atoms with Crippen molar-refractivity contribution >= 4 is 43.4 Å². The zero-order valence-electron chi connectivity index (χ0n) is 21.8. The largest absolute Gasteiger partial charge is 0.497 e. The highest BCUT2D eigenvalue weighted by Gasteiger charge is 2.26. The predicted molar refractivity (Wildman–Crippen MR) is 154 cm³/mol. The summed E-state index contributed by atoms with van der Waals surface area (Å²) in [6, 6.07) is 12.5. The van der Waals surface area contributed by atoms with Crippen LogP contribution in [0.25, 0.3) is 15.9 Å². The predicted octanol–water partition coefficient (Wildman–Crippen LogP) is 5.70. The van der Waals surface area contributed by atoms with Gasteiger partial charge in [-0.15, -0.1) is 11.3 Å². The number of aryl methyl sites for hydroxylation is 3. The number of rotatable bonds is 8. The number of nitrogens with zero attached hydrogens (tertiary/aromatic N) is 2. The molecular weight excluding hydrogens is 541 g/mol. The van der Waals surface area contributed by atoms with E-state index in [2.05, 4.69) is 6.92 Å². The van der Waals surface area contributed by atoms with E-state index in [1.54, 1.807) is 34.1 Å². The number of thioether (sulfide) groups is 1. The Bertz CT molecular complexity index is 1670. The zero-order chi connectivity index (χ0) is 27.0. The van der Waals surface area contributed by atoms with Crippen LogP contribution in [0.1, 0.15) is 34.9 Å². The molecule has 2 heterocycles. The van der Waals surface area contributed by atoms with Crippen LogP contribution < -0.4 is 14.5 Å². The summed E-state index contributed by atoms with van der Waals surface area (Å²) in [5.41, 5.74) is 3.79. The molecule has 1 aliphatic carbocycles. The van der Waals surface area contributed by atoms with Gasteiger partial charge in [0.1, 0.15) is 16.3 Å². The number of hydrogen-bond acceptors (Lipinski definition) is 8. The minimum Gasteiger partial charge on any atom is -0.497 e. The maximum absolute atomic E-state index is 14.1. The molecule has 2 aromatic heterocycles. The average molecular weight is 571 g/mol. The first-order valence-corrected chi connectivity index (χ1v) is 15.9. The van der Waals surface area contributed by atoms with E-state index in [0.717, 1.165) is 46.5 Å². The molecule has 10 heteroatoms. The third-order valence-corrected chi connectivity index (χ3v) is 10.2. The molecule has 0 bridgehead atoms. The van der Waals surface area contributed by atoms with Gasteiger partial charge in [-0.3, -0.25) is 9.36 Å². The van der Waals surface area contributed by atoms with Crippen molar-refractivity contribution in [2.24, 2.45) is 5.92 Å². The lowest BCUT2D eigenvalue weighted by Crippen LogP contribution is -2.24. The molecule has 0 saturated heterocycles. The van der Waals surface area contributed by atoms with Crippen molar-refractivity contribution in [1.29, 1.82) is 0 Å². The van der Waals surface area contributed by atoms with Gasteiger partial charge >= 0.3 is 10.1 Å². The SMILES string of the molecule is COc1cccc(OS(=O)(=O)CCSc2nc3sc4c(c3c(=O)n2-c2cc(C)ccc2C)CC[C@@H](C)C4)c1. The highest BCUT2D eigenvalue weighted by Crippen LogP contribution is 2.37. The molecule has 4 aromatic rings. The van der Waals surface area contributed by atoms with Crippen LogP contribution in [0.15, 0.2) is 52.4 Å². The fourth-order valence-corrected chi connectivity index (χ4v) is 8.43. The summed E-state index contributed by atoms with van der Waals surface area (Å²) in [7, 11) is -2.36. The Kier molecular flexibility index (Phi) is 7.57. The first kappa shape index (κ1) is 26.8. The van der Waals surface area contributed by atoms with Crippen molar-refractivity contribution < 1.29 is 17.3 Å². The van der Waals surface area contributed by atoms with Crippen molar-refractivity contribution in [3.8, 4) is 17.2 Å². The van der Waals surface area contributed by atoms with E-state index in [9.17, 15) is 13.2 Å². The van der Waals surface area contributed by atoms with Crippen molar-refractivity contribution in [1.82, 2.24) is 9.55 Å². The lowest BCUT2D eigenvalue weighted by Gasteiger charge is -2.18. The van der Waals surface area contributed by atoms with E-state index < -0.39 is 10.1 Å². The second kappa shape index (κ2) is 10.7. The van der Waals surface area contributed by atoms with Crippen molar-refractivity contribution in [3.05, 3.63) is 74.4 Å². The first-order chi connectivity index (χ1) is 18.1. The summed E-state index contributed by atoms with van der Waals surface area (Å²) < 4.78 is 37.5. The fraction of sp³-hybridized carbons (Fsp3) is 0.357. The smallest absolute Gasteiger partial charge is 0.310 e. The Labute approximate surface area is 231 Å². The van der Waals surface area contributed by atoms with Gasteiger partial charge in [-0.1, -0.05) is 36.9 Å². The van der Waals surface area contributed by atoms with Crippen LogP contribution >= 0.6 is 23.1 Å². The Balaban J connectivity index is 1.49. The third-order valence-electron chi connectivity index (χ3n) is 6.73. The van der Waals surface area contributed by atoms with Gasteiger partial charge in [0.05, 0.1) is 23.9 Å². The average Bonchev–Trinajstić information content (AvgIpc) is 3.23. The van der Waals surface area contributed by atoms with Crippen LogP contribution in [-0.2, 0) is 23.0 Å². The van der Waals surface area contributed by atoms with Crippen molar-refractivity contribution in [2.75, 3.05) is 18.6 Å². The summed E-state index contributed by atoms with van der Waals surface area (Å²) in [5, 5.41) is 1.19. The Morgan fingerprint density at radius 3 is 2.74 bits per heavy atom. The van der Waals surface area contributed by atoms with Gasteiger partial charge in [-0.25, -0.2) is 4.98 Å². The molecule has 0 N–H and O–H groups in total. The number of benzene rings is 2. The van der Waals surface area contributed by atoms with E-state index >= 15 is 0 Å². The molecule has 0 radical (unpaired) electrons. The maximum atomic E-state index is 14.1. The van der Waals surface area contributed by atoms with Gasteiger partial charge in [0.15, 0.2) is 5.16 Å². The number of thiophene rings is 1. The molecule has 0 spiro atoms. The van der Waals surface area contributed by atoms with Crippen LogP contribution in [0.5, 0.6) is 11.5 Å². The highest BCUT2D eigenvalue weighted by molar-refractivity contribution is 8.00. The van der Waals surface area contributed by atoms with Gasteiger partial charge in [-0.05, 0) is 73.9 Å². The maximum Gasteiger partial charge on any atom is 0.310 e. The van der Waals surface area contributed by atoms with Gasteiger partial charge in [-0.2, -0.15) is 8.42 Å². The Hall–Kier alpha value is -2.82. The van der Waals surface area contributed by atoms with E-state index in [0.29, 0.717) is 22.2 Å². The van der Waals surface area contributed by atoms with Gasteiger partial charge in [0, 0.05) is 16.7 Å². The van der Waals surface area contributed by atoms with E-state index in [4.69, 9.17) is 13.9 Å². The van der Waals surface area contributed by atoms with E-state index in [-0.39, 0.29) is 22.8 Å². The molecular formula is C28H30N2O5S3. The number of methoxy groups -OCH3 is 1. The van der Waals surface area contributed by atoms with Crippen LogP contribution in [0.3, 0.4) is 0 Å². The van der Waals surface area contributed by atoms with Crippen LogP contribution in [-0.4, -0.2) is 36.6 Å². The molecule has 38 heavy (non-hydrogen) atoms. The molecule has 5 rings (SSSR count). The lowest BCUT2D eigenvalue weighted by molar-refractivity contribution is 0.411. The number of hydrogen-bond donors (Lipinski definition) is 0. The van der Waals surface area contributed by atoms with Crippen molar-refractivity contribution in [2.45, 2.75) is 45.2 Å². The monoisotopic (exact) mass is 570 g/mol. The van der Waals surface area contributed by atoms with Crippen molar-refractivity contribution in [3.63, 3.8) is 0 Å². The normalized spacial score (nSPS) is 15.4. The minimum absolute atomic E-state index is 0.0891. The third kappa shape index (κ3) is 5.48. The molecule has 0 amide bonds. The summed E-state index contributed by atoms with van der Waals surface area (Å²) in [4.78, 5) is 21.0. The quantitative estimate of drug-likeness (QED) is 0.153. The summed E-state index contributed by atoms with van der Waals surface area (Å²) in [6.45, 7) is 6.20. The van der Waals surface area contributed by atoms with Crippen LogP contribution in [0.4, 0.5) is 0 Å². The van der Waals surface area contributed by atoms with Gasteiger partial charge in [0.25, 0.3) is 5.56 Å². The minimum atomic E-state index is -3.87. The Morgan fingerprint density at radius 1 is 1.16 bits per heavy atom. The van der Waals surface area contributed by atoms with E-state index in [1.807, 2.05) is 32.0 Å². The lowest BCUT2D eigenvalue weighted by atomic mass is 9.89. The van der Waals surface area contributed by atoms with Crippen LogP contribution in [0.2, 0.25) is 0 Å². The number of aromatic nitrogens is 2.